The van der Waals surface area contributed by atoms with Gasteiger partial charge < -0.3 is 11.3 Å². The van der Waals surface area contributed by atoms with E-state index in [2.05, 4.69) is 13.5 Å². The number of allylic oxidation sites excluding steroid dienone is 1. The molecule has 0 aromatic heterocycles. The van der Waals surface area contributed by atoms with Gasteiger partial charge in [-0.2, -0.15) is 0 Å². The quantitative estimate of drug-likeness (QED) is 0.594. The van der Waals surface area contributed by atoms with Crippen LogP contribution in [0.2, 0.25) is 0 Å². The molecule has 1 aromatic rings. The molecule has 1 N–H and O–H groups in total. The van der Waals surface area contributed by atoms with Crippen molar-refractivity contribution in [3.05, 3.63) is 35.9 Å². The summed E-state index contributed by atoms with van der Waals surface area (Å²) in [6, 6.07) is 3.61. The number of phenols is 1. The number of methoxy groups -OCH3 is 1. The zero-order chi connectivity index (χ0) is 11.3. The van der Waals surface area contributed by atoms with Gasteiger partial charge in [0.1, 0.15) is 0 Å². The standard InChI is InChI=1S/C13H18O2.K.H/c1-4-6-10-8-9-12(14)13(15-3)11(10)7-5-2;;/h4,8-9,14H,1,5-7H2,2-3H3;;/q;+1;-1. The molecule has 0 spiro atoms. The van der Waals surface area contributed by atoms with Crippen LogP contribution in [0.4, 0.5) is 0 Å². The second kappa shape index (κ2) is 8.31. The second-order valence-corrected chi connectivity index (χ2v) is 3.50. The zero-order valence-corrected chi connectivity index (χ0v) is 13.5. The Morgan fingerprint density at radius 2 is 2.19 bits per heavy atom. The first-order valence-electron chi connectivity index (χ1n) is 5.23. The molecule has 3 heteroatoms. The minimum absolute atomic E-state index is 0. The van der Waals surface area contributed by atoms with Crippen LogP contribution in [0, 0.1) is 0 Å². The smallest absolute Gasteiger partial charge is 1.00 e. The Bertz CT molecular complexity index is 354. The second-order valence-electron chi connectivity index (χ2n) is 3.50. The third-order valence-corrected chi connectivity index (χ3v) is 2.41. The van der Waals surface area contributed by atoms with Gasteiger partial charge in [-0.25, -0.2) is 0 Å². The maximum Gasteiger partial charge on any atom is 1.00 e. The van der Waals surface area contributed by atoms with E-state index in [9.17, 15) is 5.11 Å². The largest absolute Gasteiger partial charge is 1.00 e. The van der Waals surface area contributed by atoms with Gasteiger partial charge >= 0.3 is 51.4 Å². The zero-order valence-electron chi connectivity index (χ0n) is 11.4. The van der Waals surface area contributed by atoms with E-state index >= 15 is 0 Å². The molecule has 0 aliphatic rings. The van der Waals surface area contributed by atoms with Gasteiger partial charge in [-0.1, -0.05) is 25.5 Å². The maximum atomic E-state index is 9.66. The number of aromatic hydroxyl groups is 1. The Labute approximate surface area is 142 Å². The molecule has 0 saturated heterocycles. The van der Waals surface area contributed by atoms with Gasteiger partial charge in [0.25, 0.3) is 0 Å². The van der Waals surface area contributed by atoms with Gasteiger partial charge in [-0.3, -0.25) is 0 Å². The SMILES string of the molecule is C=CCc1ccc(O)c(OC)c1CCC.[H-].[K+]. The molecule has 1 aromatic carbocycles. The Kier molecular flexibility index (Phi) is 8.41. The van der Waals surface area contributed by atoms with Gasteiger partial charge in [0, 0.05) is 5.56 Å². The van der Waals surface area contributed by atoms with Gasteiger partial charge in [0.05, 0.1) is 7.11 Å². The first-order chi connectivity index (χ1) is 7.24. The Morgan fingerprint density at radius 3 is 2.69 bits per heavy atom. The van der Waals surface area contributed by atoms with Crippen molar-refractivity contribution in [2.45, 2.75) is 26.2 Å². The molecule has 0 atom stereocenters. The van der Waals surface area contributed by atoms with Crippen molar-refractivity contribution in [1.82, 2.24) is 0 Å². The summed E-state index contributed by atoms with van der Waals surface area (Å²) in [4.78, 5) is 0. The fraction of sp³-hybridized carbons (Fsp3) is 0.385. The Morgan fingerprint density at radius 1 is 1.50 bits per heavy atom. The molecular formula is C13H19KO2. The van der Waals surface area contributed by atoms with E-state index in [0.717, 1.165) is 24.8 Å². The van der Waals surface area contributed by atoms with E-state index in [-0.39, 0.29) is 58.6 Å². The van der Waals surface area contributed by atoms with Gasteiger partial charge in [-0.15, -0.1) is 6.58 Å². The van der Waals surface area contributed by atoms with Crippen LogP contribution < -0.4 is 56.1 Å². The Hall–Kier alpha value is 0.196. The maximum absolute atomic E-state index is 9.66. The van der Waals surface area contributed by atoms with E-state index in [1.807, 2.05) is 12.1 Å². The van der Waals surface area contributed by atoms with Crippen molar-refractivity contribution in [2.24, 2.45) is 0 Å². The summed E-state index contributed by atoms with van der Waals surface area (Å²) in [5, 5.41) is 9.66. The molecule has 0 unspecified atom stereocenters. The third-order valence-electron chi connectivity index (χ3n) is 2.41. The molecule has 0 amide bonds. The molecule has 16 heavy (non-hydrogen) atoms. The van der Waals surface area contributed by atoms with E-state index in [4.69, 9.17) is 4.74 Å². The normalized spacial score (nSPS) is 9.38. The van der Waals surface area contributed by atoms with Crippen molar-refractivity contribution in [3.8, 4) is 11.5 Å². The molecule has 0 heterocycles. The fourth-order valence-electron chi connectivity index (χ4n) is 1.75. The monoisotopic (exact) mass is 246 g/mol. The summed E-state index contributed by atoms with van der Waals surface area (Å²) in [5.74, 6) is 0.824. The van der Waals surface area contributed by atoms with Gasteiger partial charge in [0.2, 0.25) is 0 Å². The van der Waals surface area contributed by atoms with E-state index in [1.165, 1.54) is 5.56 Å². The first kappa shape index (κ1) is 16.2. The molecule has 84 valence electrons. The molecule has 0 saturated carbocycles. The summed E-state index contributed by atoms with van der Waals surface area (Å²) in [5.41, 5.74) is 2.28. The summed E-state index contributed by atoms with van der Waals surface area (Å²) in [6.07, 6.45) is 4.63. The minimum atomic E-state index is 0. The molecule has 0 aliphatic heterocycles. The average molecular weight is 246 g/mol. The molecule has 0 aliphatic carbocycles. The number of hydrogen-bond donors (Lipinski definition) is 1. The van der Waals surface area contributed by atoms with Crippen molar-refractivity contribution in [1.29, 1.82) is 0 Å². The summed E-state index contributed by atoms with van der Waals surface area (Å²) >= 11 is 0. The summed E-state index contributed by atoms with van der Waals surface area (Å²) in [7, 11) is 1.59. The number of hydrogen-bond acceptors (Lipinski definition) is 2. The topological polar surface area (TPSA) is 29.5 Å². The number of ether oxygens (including phenoxy) is 1. The third kappa shape index (κ3) is 3.89. The van der Waals surface area contributed by atoms with Gasteiger partial charge in [-0.05, 0) is 24.5 Å². The average Bonchev–Trinajstić information content (AvgIpc) is 2.23. The van der Waals surface area contributed by atoms with E-state index in [0.29, 0.717) is 5.75 Å². The molecule has 0 radical (unpaired) electrons. The molecule has 0 fully saturated rings. The summed E-state index contributed by atoms with van der Waals surface area (Å²) in [6.45, 7) is 5.84. The van der Waals surface area contributed by atoms with E-state index < -0.39 is 0 Å². The number of benzene rings is 1. The molecular weight excluding hydrogens is 227 g/mol. The van der Waals surface area contributed by atoms with E-state index in [1.54, 1.807) is 13.2 Å². The number of phenolic OH excluding ortho intramolecular Hbond substituents is 1. The first-order valence-corrected chi connectivity index (χ1v) is 5.23. The van der Waals surface area contributed by atoms with Crippen LogP contribution in [-0.4, -0.2) is 12.2 Å². The summed E-state index contributed by atoms with van der Waals surface area (Å²) < 4.78 is 5.23. The van der Waals surface area contributed by atoms with Crippen LogP contribution >= 0.6 is 0 Å². The predicted octanol–water partition coefficient (Wildman–Crippen LogP) is 0.198. The Balaban J connectivity index is 0. The van der Waals surface area contributed by atoms with Crippen LogP contribution in [0.15, 0.2) is 24.8 Å². The molecule has 1 rings (SSSR count). The van der Waals surface area contributed by atoms with Crippen LogP contribution in [0.3, 0.4) is 0 Å². The van der Waals surface area contributed by atoms with Crippen molar-refractivity contribution >= 4 is 0 Å². The van der Waals surface area contributed by atoms with Crippen molar-refractivity contribution in [3.63, 3.8) is 0 Å². The minimum Gasteiger partial charge on any atom is -1.00 e. The number of rotatable bonds is 5. The van der Waals surface area contributed by atoms with Crippen LogP contribution in [0.5, 0.6) is 11.5 Å². The molecule has 0 bridgehead atoms. The molecule has 2 nitrogen and oxygen atoms in total. The fourth-order valence-corrected chi connectivity index (χ4v) is 1.75. The van der Waals surface area contributed by atoms with Crippen LogP contribution in [0.1, 0.15) is 25.9 Å². The van der Waals surface area contributed by atoms with Gasteiger partial charge in [0.15, 0.2) is 11.5 Å². The predicted molar refractivity (Wildman–Crippen MR) is 63.7 cm³/mol. The van der Waals surface area contributed by atoms with Crippen molar-refractivity contribution < 1.29 is 62.7 Å². The van der Waals surface area contributed by atoms with Crippen molar-refractivity contribution in [2.75, 3.05) is 7.11 Å². The van der Waals surface area contributed by atoms with Crippen LogP contribution in [0.25, 0.3) is 0 Å². The van der Waals surface area contributed by atoms with Crippen LogP contribution in [-0.2, 0) is 12.8 Å².